The minimum absolute atomic E-state index is 0.241. The Bertz CT molecular complexity index is 627. The lowest BCUT2D eigenvalue weighted by Crippen LogP contribution is -2.43. The second-order valence-electron chi connectivity index (χ2n) is 5.87. The van der Waals surface area contributed by atoms with Gasteiger partial charge in [0.25, 0.3) is 0 Å². The van der Waals surface area contributed by atoms with E-state index < -0.39 is 0 Å². The van der Waals surface area contributed by atoms with Gasteiger partial charge in [-0.15, -0.1) is 0 Å². The van der Waals surface area contributed by atoms with Crippen molar-refractivity contribution < 1.29 is 0 Å². The molecule has 1 aromatic carbocycles. The molecule has 0 bridgehead atoms. The van der Waals surface area contributed by atoms with Crippen molar-refractivity contribution in [3.63, 3.8) is 0 Å². The topological polar surface area (TPSA) is 55.0 Å². The Kier molecular flexibility index (Phi) is 3.76. The van der Waals surface area contributed by atoms with Crippen molar-refractivity contribution in [3.05, 3.63) is 36.4 Å². The van der Waals surface area contributed by atoms with Crippen LogP contribution in [-0.4, -0.2) is 33.6 Å². The zero-order valence-electron chi connectivity index (χ0n) is 12.4. The van der Waals surface area contributed by atoms with Crippen molar-refractivity contribution in [2.24, 2.45) is 0 Å². The van der Waals surface area contributed by atoms with Crippen LogP contribution in [0, 0.1) is 0 Å². The fourth-order valence-electron chi connectivity index (χ4n) is 2.54. The summed E-state index contributed by atoms with van der Waals surface area (Å²) < 4.78 is 0.241. The van der Waals surface area contributed by atoms with E-state index in [2.05, 4.69) is 23.7 Å². The van der Waals surface area contributed by atoms with E-state index in [1.54, 1.807) is 0 Å². The molecular formula is C16H20N4S. The summed E-state index contributed by atoms with van der Waals surface area (Å²) in [6, 6.07) is 11.9. The molecule has 2 heterocycles. The molecule has 1 aliphatic heterocycles. The molecule has 3 rings (SSSR count). The van der Waals surface area contributed by atoms with Gasteiger partial charge in [-0.3, -0.25) is 0 Å². The molecule has 2 N–H and O–H groups in total. The highest BCUT2D eigenvalue weighted by atomic mass is 32.2. The predicted molar refractivity (Wildman–Crippen MR) is 90.6 cm³/mol. The molecule has 0 radical (unpaired) electrons. The summed E-state index contributed by atoms with van der Waals surface area (Å²) in [6.45, 7) is 6.51. The summed E-state index contributed by atoms with van der Waals surface area (Å²) in [6.07, 6.45) is 0. The van der Waals surface area contributed by atoms with E-state index >= 15 is 0 Å². The molecule has 1 fully saturated rings. The van der Waals surface area contributed by atoms with Crippen LogP contribution in [0.4, 0.5) is 11.6 Å². The van der Waals surface area contributed by atoms with Crippen molar-refractivity contribution >= 4 is 23.4 Å². The van der Waals surface area contributed by atoms with Gasteiger partial charge in [-0.1, -0.05) is 30.3 Å². The first-order valence-electron chi connectivity index (χ1n) is 7.12. The average Bonchev–Trinajstić information content (AvgIpc) is 2.46. The highest BCUT2D eigenvalue weighted by Crippen LogP contribution is 2.32. The van der Waals surface area contributed by atoms with Gasteiger partial charge in [0.05, 0.1) is 0 Å². The summed E-state index contributed by atoms with van der Waals surface area (Å²) in [4.78, 5) is 11.4. The fraction of sp³-hybridized carbons (Fsp3) is 0.375. The number of aromatic nitrogens is 2. The molecule has 4 nitrogen and oxygen atoms in total. The van der Waals surface area contributed by atoms with Gasteiger partial charge in [-0.25, -0.2) is 9.97 Å². The quantitative estimate of drug-likeness (QED) is 0.924. The smallest absolute Gasteiger partial charge is 0.163 e. The molecule has 0 unspecified atom stereocenters. The highest BCUT2D eigenvalue weighted by molar-refractivity contribution is 8.00. The van der Waals surface area contributed by atoms with Gasteiger partial charge in [0.2, 0.25) is 0 Å². The Morgan fingerprint density at radius 2 is 1.95 bits per heavy atom. The van der Waals surface area contributed by atoms with Crippen LogP contribution in [0.2, 0.25) is 0 Å². The second kappa shape index (κ2) is 5.56. The van der Waals surface area contributed by atoms with Crippen molar-refractivity contribution in [2.45, 2.75) is 18.6 Å². The summed E-state index contributed by atoms with van der Waals surface area (Å²) in [5, 5.41) is 0. The molecule has 1 saturated heterocycles. The van der Waals surface area contributed by atoms with E-state index in [9.17, 15) is 0 Å². The first-order chi connectivity index (χ1) is 10.0. The van der Waals surface area contributed by atoms with Crippen molar-refractivity contribution in [1.29, 1.82) is 0 Å². The second-order valence-corrected chi connectivity index (χ2v) is 7.67. The van der Waals surface area contributed by atoms with E-state index in [-0.39, 0.29) is 4.75 Å². The molecule has 0 atom stereocenters. The third kappa shape index (κ3) is 3.29. The maximum Gasteiger partial charge on any atom is 0.163 e. The molecular weight excluding hydrogens is 280 g/mol. The Morgan fingerprint density at radius 1 is 1.19 bits per heavy atom. The Labute approximate surface area is 129 Å². The average molecular weight is 300 g/mol. The third-order valence-corrected chi connectivity index (χ3v) is 4.81. The van der Waals surface area contributed by atoms with Gasteiger partial charge in [0.15, 0.2) is 5.82 Å². The third-order valence-electron chi connectivity index (χ3n) is 3.51. The Balaban J connectivity index is 1.95. The largest absolute Gasteiger partial charge is 0.384 e. The van der Waals surface area contributed by atoms with Crippen LogP contribution in [0.25, 0.3) is 11.4 Å². The number of rotatable bonds is 2. The molecule has 1 aromatic heterocycles. The lowest BCUT2D eigenvalue weighted by molar-refractivity contribution is 0.642. The van der Waals surface area contributed by atoms with E-state index in [4.69, 9.17) is 10.7 Å². The zero-order chi connectivity index (χ0) is 14.9. The van der Waals surface area contributed by atoms with Gasteiger partial charge in [-0.2, -0.15) is 11.8 Å². The minimum atomic E-state index is 0.241. The van der Waals surface area contributed by atoms with E-state index in [1.807, 2.05) is 48.2 Å². The summed E-state index contributed by atoms with van der Waals surface area (Å²) >= 11 is 2.01. The maximum absolute atomic E-state index is 5.99. The summed E-state index contributed by atoms with van der Waals surface area (Å²) in [5.41, 5.74) is 6.98. The summed E-state index contributed by atoms with van der Waals surface area (Å²) in [5.74, 6) is 3.25. The van der Waals surface area contributed by atoms with E-state index in [1.165, 1.54) is 0 Å². The molecule has 2 aromatic rings. The first kappa shape index (κ1) is 14.2. The molecule has 110 valence electrons. The molecule has 1 aliphatic rings. The van der Waals surface area contributed by atoms with Gasteiger partial charge < -0.3 is 10.6 Å². The van der Waals surface area contributed by atoms with Crippen molar-refractivity contribution in [1.82, 2.24) is 9.97 Å². The number of thioether (sulfide) groups is 1. The molecule has 0 aliphatic carbocycles. The van der Waals surface area contributed by atoms with Crippen LogP contribution < -0.4 is 10.6 Å². The molecule has 0 amide bonds. The standard InChI is InChI=1S/C16H20N4S/c1-16(2)11-20(8-9-21-16)14-10-13(17)18-15(19-14)12-6-4-3-5-7-12/h3-7,10H,8-9,11H2,1-2H3,(H2,17,18,19). The maximum atomic E-state index is 5.99. The molecule has 5 heteroatoms. The van der Waals surface area contributed by atoms with Crippen LogP contribution in [0.3, 0.4) is 0 Å². The van der Waals surface area contributed by atoms with Gasteiger partial charge in [0, 0.05) is 35.2 Å². The van der Waals surface area contributed by atoms with Crippen molar-refractivity contribution in [2.75, 3.05) is 29.5 Å². The van der Waals surface area contributed by atoms with Gasteiger partial charge >= 0.3 is 0 Å². The van der Waals surface area contributed by atoms with E-state index in [0.717, 1.165) is 30.2 Å². The lowest BCUT2D eigenvalue weighted by atomic mass is 10.2. The van der Waals surface area contributed by atoms with Crippen molar-refractivity contribution in [3.8, 4) is 11.4 Å². The number of hydrogen-bond acceptors (Lipinski definition) is 5. The molecule has 21 heavy (non-hydrogen) atoms. The highest BCUT2D eigenvalue weighted by Gasteiger charge is 2.28. The lowest BCUT2D eigenvalue weighted by Gasteiger charge is -2.38. The fourth-order valence-corrected chi connectivity index (χ4v) is 3.65. The van der Waals surface area contributed by atoms with Gasteiger partial charge in [-0.05, 0) is 13.8 Å². The zero-order valence-corrected chi connectivity index (χ0v) is 13.2. The number of hydrogen-bond donors (Lipinski definition) is 1. The van der Waals surface area contributed by atoms with Gasteiger partial charge in [0.1, 0.15) is 11.6 Å². The monoisotopic (exact) mass is 300 g/mol. The van der Waals surface area contributed by atoms with Crippen LogP contribution in [0.15, 0.2) is 36.4 Å². The Morgan fingerprint density at radius 3 is 2.67 bits per heavy atom. The van der Waals surface area contributed by atoms with Crippen LogP contribution in [0.1, 0.15) is 13.8 Å². The number of nitrogens with zero attached hydrogens (tertiary/aromatic N) is 3. The number of benzene rings is 1. The van der Waals surface area contributed by atoms with Crippen LogP contribution in [0.5, 0.6) is 0 Å². The SMILES string of the molecule is CC1(C)CN(c2cc(N)nc(-c3ccccc3)n2)CCS1. The van der Waals surface area contributed by atoms with Crippen LogP contribution >= 0.6 is 11.8 Å². The summed E-state index contributed by atoms with van der Waals surface area (Å²) in [7, 11) is 0. The normalized spacial score (nSPS) is 17.7. The number of anilines is 2. The van der Waals surface area contributed by atoms with E-state index in [0.29, 0.717) is 11.6 Å². The Hall–Kier alpha value is -1.75. The number of nitrogen functional groups attached to an aromatic ring is 1. The predicted octanol–water partition coefficient (Wildman–Crippen LogP) is 3.06. The van der Waals surface area contributed by atoms with Crippen LogP contribution in [-0.2, 0) is 0 Å². The molecule has 0 spiro atoms. The minimum Gasteiger partial charge on any atom is -0.384 e. The molecule has 0 saturated carbocycles. The number of nitrogens with two attached hydrogens (primary N) is 1. The first-order valence-corrected chi connectivity index (χ1v) is 8.11.